The van der Waals surface area contributed by atoms with Crippen molar-refractivity contribution in [3.05, 3.63) is 107 Å². The molecule has 3 aliphatic rings. The standard InChI is InChI=1S/C45H47N9O8S2/c1-64(61,62)53-20-14-32(25-53)40(57)49-24-39(56)52-44-50-35(27-63-44)30-8-6-7-28(21-30)29-13-19-47-37(22-29)45(15-16-45)43(60)48-18-5-3-2-4-17-46-33-10-9-31-26-54(42(59)34(31)23-33)36-11-12-38(55)51-41(36)58/h6-10,13-14,19-23,25,27,36,46H,2-5,11-12,15-18,24,26H2,1H3,(H,48,60)(H,49,57)(H,50,52,56)(H,51,55,58). The van der Waals surface area contributed by atoms with Crippen LogP contribution >= 0.6 is 11.3 Å². The minimum atomic E-state index is -3.54. The summed E-state index contributed by atoms with van der Waals surface area (Å²) in [7, 11) is -3.54. The number of benzene rings is 2. The molecule has 19 heteroatoms. The van der Waals surface area contributed by atoms with E-state index >= 15 is 0 Å². The molecule has 1 saturated carbocycles. The number of pyridine rings is 1. The second kappa shape index (κ2) is 18.5. The van der Waals surface area contributed by atoms with Gasteiger partial charge in [-0.2, -0.15) is 0 Å². The van der Waals surface area contributed by atoms with E-state index in [2.05, 4.69) is 36.6 Å². The van der Waals surface area contributed by atoms with Crippen LogP contribution in [0.5, 0.6) is 0 Å². The number of carbonyl (C=O) groups excluding carboxylic acids is 6. The Hall–Kier alpha value is -6.73. The van der Waals surface area contributed by atoms with E-state index in [0.29, 0.717) is 35.9 Å². The van der Waals surface area contributed by atoms with E-state index in [1.165, 1.54) is 29.8 Å². The van der Waals surface area contributed by atoms with Crippen molar-refractivity contribution in [2.24, 2.45) is 0 Å². The number of carbonyl (C=O) groups is 6. The molecule has 64 heavy (non-hydrogen) atoms. The first-order valence-corrected chi connectivity index (χ1v) is 23.8. The molecule has 0 spiro atoms. The first kappa shape index (κ1) is 43.9. The summed E-state index contributed by atoms with van der Waals surface area (Å²) in [5.41, 5.74) is 5.77. The Morgan fingerprint density at radius 2 is 1.70 bits per heavy atom. The number of piperidine rings is 1. The minimum Gasteiger partial charge on any atom is -0.385 e. The van der Waals surface area contributed by atoms with E-state index in [1.54, 1.807) is 11.1 Å². The van der Waals surface area contributed by atoms with Gasteiger partial charge in [-0.25, -0.2) is 13.4 Å². The highest BCUT2D eigenvalue weighted by atomic mass is 32.2. The fraction of sp³-hybridized carbons (Fsp3) is 0.333. The van der Waals surface area contributed by atoms with E-state index in [9.17, 15) is 37.2 Å². The van der Waals surface area contributed by atoms with E-state index in [0.717, 1.165) is 88.9 Å². The molecule has 5 N–H and O–H groups in total. The molecule has 1 unspecified atom stereocenters. The number of anilines is 2. The molecule has 5 heterocycles. The van der Waals surface area contributed by atoms with Gasteiger partial charge in [0.05, 0.1) is 35.2 Å². The van der Waals surface area contributed by atoms with Gasteiger partial charge >= 0.3 is 0 Å². The maximum Gasteiger partial charge on any atom is 0.255 e. The zero-order valence-corrected chi connectivity index (χ0v) is 36.6. The van der Waals surface area contributed by atoms with Crippen molar-refractivity contribution in [3.63, 3.8) is 0 Å². The average Bonchev–Trinajstić information content (AvgIpc) is 3.54. The number of hydrogen-bond acceptors (Lipinski definition) is 12. The molecule has 332 valence electrons. The van der Waals surface area contributed by atoms with Crippen LogP contribution in [0.3, 0.4) is 0 Å². The van der Waals surface area contributed by atoms with Crippen molar-refractivity contribution in [3.8, 4) is 22.4 Å². The molecule has 5 aromatic rings. The van der Waals surface area contributed by atoms with Gasteiger partial charge in [-0.3, -0.25) is 43.0 Å². The lowest BCUT2D eigenvalue weighted by atomic mass is 9.96. The highest BCUT2D eigenvalue weighted by molar-refractivity contribution is 7.89. The summed E-state index contributed by atoms with van der Waals surface area (Å²) < 4.78 is 24.3. The first-order chi connectivity index (χ1) is 30.8. The number of hydrogen-bond donors (Lipinski definition) is 5. The molecule has 3 aromatic heterocycles. The first-order valence-electron chi connectivity index (χ1n) is 21.1. The van der Waals surface area contributed by atoms with E-state index in [-0.39, 0.29) is 36.3 Å². The van der Waals surface area contributed by atoms with Gasteiger partial charge in [0.25, 0.3) is 11.8 Å². The van der Waals surface area contributed by atoms with Crippen LogP contribution in [-0.4, -0.2) is 94.6 Å². The third-order valence-electron chi connectivity index (χ3n) is 11.6. The predicted octanol–water partition coefficient (Wildman–Crippen LogP) is 4.43. The fourth-order valence-electron chi connectivity index (χ4n) is 7.93. The molecule has 2 fully saturated rings. The SMILES string of the molecule is CS(=O)(=O)n1ccc(C(=O)NCC(=O)Nc2nc(-c3cccc(-c4ccnc(C5(C(=O)NCCCCCCNc6ccc7c(c6)C(=O)N(C6CCC(=O)NC6=O)C7)CC5)c4)c3)cs2)c1. The van der Waals surface area contributed by atoms with Crippen molar-refractivity contribution in [1.82, 2.24) is 34.8 Å². The zero-order valence-electron chi connectivity index (χ0n) is 35.0. The van der Waals surface area contributed by atoms with Crippen molar-refractivity contribution in [2.75, 3.05) is 36.5 Å². The van der Waals surface area contributed by atoms with Gasteiger partial charge in [0, 0.05) is 66.8 Å². The number of rotatable bonds is 18. The maximum atomic E-state index is 13.5. The van der Waals surface area contributed by atoms with Crippen molar-refractivity contribution >= 4 is 67.6 Å². The number of thiazole rings is 1. The minimum absolute atomic E-state index is 0.0161. The topological polar surface area (TPSA) is 231 Å². The molecule has 1 saturated heterocycles. The van der Waals surface area contributed by atoms with Crippen LogP contribution in [0.25, 0.3) is 22.4 Å². The molecule has 0 radical (unpaired) electrons. The molecule has 1 aliphatic carbocycles. The van der Waals surface area contributed by atoms with Crippen LogP contribution < -0.4 is 26.6 Å². The summed E-state index contributed by atoms with van der Waals surface area (Å²) in [5.74, 6) is -2.02. The third kappa shape index (κ3) is 9.89. The third-order valence-corrected chi connectivity index (χ3v) is 13.4. The summed E-state index contributed by atoms with van der Waals surface area (Å²) in [6.07, 6.45) is 10.8. The number of unbranched alkanes of at least 4 members (excludes halogenated alkanes) is 3. The van der Waals surface area contributed by atoms with Crippen LogP contribution in [0.4, 0.5) is 10.8 Å². The summed E-state index contributed by atoms with van der Waals surface area (Å²) in [6, 6.07) is 18.1. The van der Waals surface area contributed by atoms with Gasteiger partial charge in [0.15, 0.2) is 5.13 Å². The smallest absolute Gasteiger partial charge is 0.255 e. The van der Waals surface area contributed by atoms with Crippen LogP contribution in [0, 0.1) is 0 Å². The highest BCUT2D eigenvalue weighted by Gasteiger charge is 2.52. The number of nitrogens with one attached hydrogen (secondary N) is 5. The molecule has 0 bridgehead atoms. The van der Waals surface area contributed by atoms with Crippen molar-refractivity contribution in [1.29, 1.82) is 0 Å². The Morgan fingerprint density at radius 1 is 0.922 bits per heavy atom. The van der Waals surface area contributed by atoms with Crippen LogP contribution in [0.2, 0.25) is 0 Å². The second-order valence-corrected chi connectivity index (χ2v) is 19.0. The number of imide groups is 1. The predicted molar refractivity (Wildman–Crippen MR) is 240 cm³/mol. The maximum absolute atomic E-state index is 13.5. The number of amides is 6. The van der Waals surface area contributed by atoms with E-state index in [4.69, 9.17) is 0 Å². The quantitative estimate of drug-likeness (QED) is 0.0610. The van der Waals surface area contributed by atoms with Gasteiger partial charge < -0.3 is 26.2 Å². The van der Waals surface area contributed by atoms with Gasteiger partial charge in [0.2, 0.25) is 33.7 Å². The summed E-state index contributed by atoms with van der Waals surface area (Å²) >= 11 is 1.24. The summed E-state index contributed by atoms with van der Waals surface area (Å²) in [4.78, 5) is 86.3. The Bertz CT molecular complexity index is 2760. The largest absolute Gasteiger partial charge is 0.385 e. The zero-order chi connectivity index (χ0) is 45.0. The lowest BCUT2D eigenvalue weighted by Crippen LogP contribution is -2.52. The van der Waals surface area contributed by atoms with Gasteiger partial charge in [-0.15, -0.1) is 11.3 Å². The van der Waals surface area contributed by atoms with Gasteiger partial charge in [-0.1, -0.05) is 37.1 Å². The molecule has 1 atom stereocenters. The highest BCUT2D eigenvalue weighted by Crippen LogP contribution is 2.48. The molecular weight excluding hydrogens is 859 g/mol. The van der Waals surface area contributed by atoms with E-state index < -0.39 is 39.2 Å². The van der Waals surface area contributed by atoms with Crippen LogP contribution in [0.1, 0.15) is 83.3 Å². The Labute approximate surface area is 373 Å². The lowest BCUT2D eigenvalue weighted by Gasteiger charge is -2.29. The molecule has 2 aromatic carbocycles. The molecule has 6 amide bonds. The summed E-state index contributed by atoms with van der Waals surface area (Å²) in [5, 5.41) is 16.2. The Balaban J connectivity index is 0.764. The normalized spacial score (nSPS) is 16.5. The lowest BCUT2D eigenvalue weighted by molar-refractivity contribution is -0.137. The number of fused-ring (bicyclic) bond motifs is 1. The molecule has 8 rings (SSSR count). The monoisotopic (exact) mass is 905 g/mol. The molecular formula is C45H47N9O8S2. The Kier molecular flexibility index (Phi) is 12.7. The van der Waals surface area contributed by atoms with Crippen LogP contribution in [0.15, 0.2) is 84.6 Å². The molecule has 17 nitrogen and oxygen atoms in total. The number of nitrogens with zero attached hydrogens (tertiary/aromatic N) is 4. The van der Waals surface area contributed by atoms with E-state index in [1.807, 2.05) is 60.0 Å². The fourth-order valence-corrected chi connectivity index (χ4v) is 9.26. The average molecular weight is 906 g/mol. The number of aromatic nitrogens is 3. The Morgan fingerprint density at radius 3 is 2.47 bits per heavy atom. The van der Waals surface area contributed by atoms with Gasteiger partial charge in [0.1, 0.15) is 6.04 Å². The van der Waals surface area contributed by atoms with Crippen molar-refractivity contribution < 1.29 is 37.2 Å². The van der Waals surface area contributed by atoms with Crippen molar-refractivity contribution in [2.45, 2.75) is 69.4 Å². The molecule has 2 aliphatic heterocycles. The second-order valence-electron chi connectivity index (χ2n) is 16.2. The van der Waals surface area contributed by atoms with Crippen LogP contribution in [-0.2, 0) is 41.2 Å². The summed E-state index contributed by atoms with van der Waals surface area (Å²) in [6.45, 7) is 1.31. The van der Waals surface area contributed by atoms with Gasteiger partial charge in [-0.05, 0) is 85.2 Å².